The molecule has 5 rings (SSSR count). The van der Waals surface area contributed by atoms with Crippen LogP contribution in [0.4, 0.5) is 5.82 Å². The van der Waals surface area contributed by atoms with E-state index in [0.29, 0.717) is 22.2 Å². The molecular formula is C18H17N9O4S2. The monoisotopic (exact) mass is 487 g/mol. The predicted octanol–water partition coefficient (Wildman–Crippen LogP) is -0.548. The SMILES string of the molecule is Nc1ccc2c(-c3ccc(S(=O)(=O)C4CNC4)c(S(N)(=O)=O)c3-c3nn[nH]n3)ccnc2n1. The van der Waals surface area contributed by atoms with Crippen molar-refractivity contribution in [1.82, 2.24) is 35.9 Å². The highest BCUT2D eigenvalue weighted by Gasteiger charge is 2.38. The zero-order valence-electron chi connectivity index (χ0n) is 16.8. The number of rotatable bonds is 5. The molecule has 1 aliphatic heterocycles. The molecule has 0 amide bonds. The molecule has 1 aromatic carbocycles. The number of aromatic amines is 1. The number of nitrogens with two attached hydrogens (primary N) is 2. The maximum absolute atomic E-state index is 13.2. The van der Waals surface area contributed by atoms with Crippen LogP contribution in [-0.2, 0) is 19.9 Å². The highest BCUT2D eigenvalue weighted by Crippen LogP contribution is 2.41. The Morgan fingerprint density at radius 2 is 1.79 bits per heavy atom. The number of nitrogens with zero attached hydrogens (tertiary/aromatic N) is 5. The summed E-state index contributed by atoms with van der Waals surface area (Å²) in [7, 11) is -8.58. The van der Waals surface area contributed by atoms with Crippen molar-refractivity contribution in [3.05, 3.63) is 36.5 Å². The summed E-state index contributed by atoms with van der Waals surface area (Å²) in [6, 6.07) is 7.62. The normalized spacial score (nSPS) is 14.9. The minimum atomic E-state index is -4.55. The van der Waals surface area contributed by atoms with Gasteiger partial charge in [0.25, 0.3) is 0 Å². The molecule has 6 N–H and O–H groups in total. The number of sulfone groups is 1. The minimum absolute atomic E-state index is 0.0936. The van der Waals surface area contributed by atoms with Gasteiger partial charge in [-0.3, -0.25) is 0 Å². The predicted molar refractivity (Wildman–Crippen MR) is 118 cm³/mol. The number of pyridine rings is 2. The first-order valence-electron chi connectivity index (χ1n) is 9.58. The van der Waals surface area contributed by atoms with Crippen LogP contribution in [0.15, 0.2) is 46.3 Å². The van der Waals surface area contributed by atoms with Crippen molar-refractivity contribution in [2.45, 2.75) is 15.0 Å². The molecule has 0 saturated carbocycles. The summed E-state index contributed by atoms with van der Waals surface area (Å²) in [6.07, 6.45) is 1.48. The number of tetrazole rings is 1. The number of primary sulfonamides is 1. The van der Waals surface area contributed by atoms with E-state index < -0.39 is 34.9 Å². The molecule has 1 fully saturated rings. The zero-order chi connectivity index (χ0) is 23.4. The van der Waals surface area contributed by atoms with Gasteiger partial charge in [-0.15, -0.1) is 10.2 Å². The van der Waals surface area contributed by atoms with Crippen LogP contribution in [0.3, 0.4) is 0 Å². The quantitative estimate of drug-likeness (QED) is 0.280. The molecule has 0 radical (unpaired) electrons. The summed E-state index contributed by atoms with van der Waals surface area (Å²) in [4.78, 5) is 7.39. The van der Waals surface area contributed by atoms with E-state index in [1.165, 1.54) is 18.3 Å². The van der Waals surface area contributed by atoms with E-state index in [0.717, 1.165) is 0 Å². The van der Waals surface area contributed by atoms with Crippen molar-refractivity contribution in [3.63, 3.8) is 0 Å². The summed E-state index contributed by atoms with van der Waals surface area (Å²) in [5.41, 5.74) is 6.81. The molecular weight excluding hydrogens is 470 g/mol. The van der Waals surface area contributed by atoms with E-state index in [1.807, 2.05) is 0 Å². The number of benzene rings is 1. The lowest BCUT2D eigenvalue weighted by Gasteiger charge is -2.28. The molecule has 0 atom stereocenters. The highest BCUT2D eigenvalue weighted by atomic mass is 32.2. The van der Waals surface area contributed by atoms with Gasteiger partial charge in [-0.2, -0.15) is 5.21 Å². The van der Waals surface area contributed by atoms with Gasteiger partial charge in [-0.05, 0) is 40.6 Å². The van der Waals surface area contributed by atoms with Crippen molar-refractivity contribution >= 4 is 36.7 Å². The Morgan fingerprint density at radius 3 is 2.42 bits per heavy atom. The minimum Gasteiger partial charge on any atom is -0.384 e. The van der Waals surface area contributed by atoms with E-state index in [2.05, 4.69) is 35.9 Å². The highest BCUT2D eigenvalue weighted by molar-refractivity contribution is 7.94. The first kappa shape index (κ1) is 21.3. The maximum atomic E-state index is 13.2. The molecule has 4 heterocycles. The molecule has 0 bridgehead atoms. The average molecular weight is 488 g/mol. The number of nitrogen functional groups attached to an aromatic ring is 1. The Labute approximate surface area is 187 Å². The summed E-state index contributed by atoms with van der Waals surface area (Å²) in [5.74, 6) is 0.123. The van der Waals surface area contributed by atoms with Crippen LogP contribution in [0.5, 0.6) is 0 Å². The van der Waals surface area contributed by atoms with Gasteiger partial charge in [-0.1, -0.05) is 6.07 Å². The summed E-state index contributed by atoms with van der Waals surface area (Å²) >= 11 is 0. The van der Waals surface area contributed by atoms with Gasteiger partial charge in [-0.25, -0.2) is 31.9 Å². The standard InChI is InChI=1S/C18H17N9O4S2/c19-14-4-2-12-10(5-6-22-17(12)23-14)11-1-3-13(32(28,29)9-7-21-8-9)16(33(20,30)31)15(11)18-24-26-27-25-18/h1-6,9,21H,7-8H2,(H2,19,22,23)(H2,20,30,31)(H,24,25,26,27). The molecule has 3 aromatic heterocycles. The Balaban J connectivity index is 1.91. The first-order valence-corrected chi connectivity index (χ1v) is 12.7. The van der Waals surface area contributed by atoms with Gasteiger partial charge in [0.1, 0.15) is 10.7 Å². The van der Waals surface area contributed by atoms with Crippen LogP contribution >= 0.6 is 0 Å². The van der Waals surface area contributed by atoms with Crippen molar-refractivity contribution in [3.8, 4) is 22.5 Å². The van der Waals surface area contributed by atoms with E-state index in [-0.39, 0.29) is 30.3 Å². The van der Waals surface area contributed by atoms with Gasteiger partial charge >= 0.3 is 0 Å². The van der Waals surface area contributed by atoms with Gasteiger partial charge < -0.3 is 11.1 Å². The van der Waals surface area contributed by atoms with Crippen LogP contribution < -0.4 is 16.2 Å². The Bertz CT molecular complexity index is 1600. The number of sulfonamides is 1. The van der Waals surface area contributed by atoms with Gasteiger partial charge in [0.05, 0.1) is 15.7 Å². The third-order valence-electron chi connectivity index (χ3n) is 5.38. The second-order valence-corrected chi connectivity index (χ2v) is 11.1. The van der Waals surface area contributed by atoms with Crippen molar-refractivity contribution in [2.24, 2.45) is 5.14 Å². The zero-order valence-corrected chi connectivity index (χ0v) is 18.4. The lowest BCUT2D eigenvalue weighted by atomic mass is 9.97. The Kier molecular flexibility index (Phi) is 4.86. The van der Waals surface area contributed by atoms with Crippen molar-refractivity contribution in [1.29, 1.82) is 0 Å². The van der Waals surface area contributed by atoms with Crippen molar-refractivity contribution < 1.29 is 16.8 Å². The third-order valence-corrected chi connectivity index (χ3v) is 8.67. The van der Waals surface area contributed by atoms with E-state index in [9.17, 15) is 16.8 Å². The van der Waals surface area contributed by atoms with Crippen LogP contribution in [-0.4, -0.2) is 65.8 Å². The van der Waals surface area contributed by atoms with Crippen LogP contribution in [0.25, 0.3) is 33.5 Å². The molecule has 13 nitrogen and oxygen atoms in total. The molecule has 15 heteroatoms. The molecule has 4 aromatic rings. The summed E-state index contributed by atoms with van der Waals surface area (Å²) < 4.78 is 52.1. The number of hydrogen-bond acceptors (Lipinski definition) is 11. The van der Waals surface area contributed by atoms with E-state index in [1.54, 1.807) is 18.2 Å². The molecule has 1 aliphatic rings. The van der Waals surface area contributed by atoms with Crippen LogP contribution in [0.1, 0.15) is 0 Å². The fourth-order valence-electron chi connectivity index (χ4n) is 3.72. The first-order chi connectivity index (χ1) is 15.7. The lowest BCUT2D eigenvalue weighted by Crippen LogP contribution is -2.51. The Hall–Kier alpha value is -3.53. The Morgan fingerprint density at radius 1 is 1.00 bits per heavy atom. The summed E-state index contributed by atoms with van der Waals surface area (Å²) in [5, 5.41) is 21.8. The number of anilines is 1. The number of hydrogen-bond donors (Lipinski definition) is 4. The second-order valence-electron chi connectivity index (χ2n) is 7.39. The van der Waals surface area contributed by atoms with Crippen LogP contribution in [0, 0.1) is 0 Å². The van der Waals surface area contributed by atoms with Crippen molar-refractivity contribution in [2.75, 3.05) is 18.8 Å². The van der Waals surface area contributed by atoms with Crippen LogP contribution in [0.2, 0.25) is 0 Å². The largest absolute Gasteiger partial charge is 0.384 e. The van der Waals surface area contributed by atoms with E-state index >= 15 is 0 Å². The number of aromatic nitrogens is 6. The molecule has 33 heavy (non-hydrogen) atoms. The number of fused-ring (bicyclic) bond motifs is 1. The molecule has 0 aliphatic carbocycles. The van der Waals surface area contributed by atoms with Gasteiger partial charge in [0, 0.05) is 24.7 Å². The average Bonchev–Trinajstić information content (AvgIpc) is 3.24. The third kappa shape index (κ3) is 3.50. The fourth-order valence-corrected chi connectivity index (χ4v) is 6.91. The smallest absolute Gasteiger partial charge is 0.240 e. The fraction of sp³-hybridized carbons (Fsp3) is 0.167. The number of nitrogens with one attached hydrogen (secondary N) is 2. The summed E-state index contributed by atoms with van der Waals surface area (Å²) in [6.45, 7) is 0.404. The molecule has 0 spiro atoms. The molecule has 1 saturated heterocycles. The molecule has 170 valence electrons. The van der Waals surface area contributed by atoms with E-state index in [4.69, 9.17) is 10.9 Å². The maximum Gasteiger partial charge on any atom is 0.240 e. The van der Waals surface area contributed by atoms with Gasteiger partial charge in [0.15, 0.2) is 15.5 Å². The topological polar surface area (TPSA) is 213 Å². The molecule has 0 unspecified atom stereocenters. The number of H-pyrrole nitrogens is 1. The lowest BCUT2D eigenvalue weighted by molar-refractivity contribution is 0.493. The van der Waals surface area contributed by atoms with Gasteiger partial charge in [0.2, 0.25) is 15.8 Å². The second kappa shape index (κ2) is 7.51.